The van der Waals surface area contributed by atoms with Gasteiger partial charge in [-0.2, -0.15) is 0 Å². The Morgan fingerprint density at radius 3 is 2.89 bits per heavy atom. The molecule has 0 bridgehead atoms. The Bertz CT molecular complexity index is 440. The molecule has 100 valence electrons. The maximum Gasteiger partial charge on any atom is 0.257 e. The second-order valence-electron chi connectivity index (χ2n) is 4.17. The Kier molecular flexibility index (Phi) is 4.76. The maximum atomic E-state index is 12.2. The average Bonchev–Trinajstić information content (AvgIpc) is 2.84. The van der Waals surface area contributed by atoms with Crippen LogP contribution in [-0.2, 0) is 6.42 Å². The highest BCUT2D eigenvalue weighted by Gasteiger charge is 2.22. The third-order valence-electron chi connectivity index (χ3n) is 2.91. The average molecular weight is 253 g/mol. The van der Waals surface area contributed by atoms with E-state index in [-0.39, 0.29) is 17.8 Å². The molecule has 0 aliphatic carbocycles. The standard InChI is InChI=1S/C12H19N3O3/c1-4-10-9(5-6-18-10)12(16)15(3)8(2)7-11(13)14-17/h5-6,8,17H,4,7H2,1-3H3,(H2,13,14). The summed E-state index contributed by atoms with van der Waals surface area (Å²) >= 11 is 0. The lowest BCUT2D eigenvalue weighted by Crippen LogP contribution is -2.38. The first kappa shape index (κ1) is 14.1. The predicted molar refractivity (Wildman–Crippen MR) is 67.7 cm³/mol. The molecule has 3 N–H and O–H groups in total. The number of hydrogen-bond donors (Lipinski definition) is 2. The summed E-state index contributed by atoms with van der Waals surface area (Å²) in [6.45, 7) is 3.76. The molecular weight excluding hydrogens is 234 g/mol. The molecule has 0 aromatic carbocycles. The van der Waals surface area contributed by atoms with Gasteiger partial charge in [-0.25, -0.2) is 0 Å². The van der Waals surface area contributed by atoms with Gasteiger partial charge in [0.15, 0.2) is 0 Å². The zero-order valence-corrected chi connectivity index (χ0v) is 10.9. The van der Waals surface area contributed by atoms with Crippen molar-refractivity contribution in [2.75, 3.05) is 7.05 Å². The van der Waals surface area contributed by atoms with Gasteiger partial charge in [-0.3, -0.25) is 4.79 Å². The summed E-state index contributed by atoms with van der Waals surface area (Å²) in [6.07, 6.45) is 2.49. The molecule has 6 heteroatoms. The lowest BCUT2D eigenvalue weighted by Gasteiger charge is -2.24. The molecule has 0 aliphatic rings. The van der Waals surface area contributed by atoms with Crippen molar-refractivity contribution < 1.29 is 14.4 Å². The Balaban J connectivity index is 2.78. The van der Waals surface area contributed by atoms with Crippen molar-refractivity contribution in [2.45, 2.75) is 32.7 Å². The third-order valence-corrected chi connectivity index (χ3v) is 2.91. The van der Waals surface area contributed by atoms with Crippen LogP contribution >= 0.6 is 0 Å². The van der Waals surface area contributed by atoms with E-state index in [1.54, 1.807) is 18.0 Å². The lowest BCUT2D eigenvalue weighted by atomic mass is 10.1. The summed E-state index contributed by atoms with van der Waals surface area (Å²) in [5.74, 6) is 0.645. The van der Waals surface area contributed by atoms with Gasteiger partial charge in [0.25, 0.3) is 5.91 Å². The SMILES string of the molecule is CCc1occc1C(=O)N(C)C(C)C/C(N)=N/O. The van der Waals surface area contributed by atoms with Gasteiger partial charge in [-0.05, 0) is 13.0 Å². The second-order valence-corrected chi connectivity index (χ2v) is 4.17. The number of carbonyl (C=O) groups excluding carboxylic acids is 1. The number of amidine groups is 1. The van der Waals surface area contributed by atoms with Crippen LogP contribution in [0.25, 0.3) is 0 Å². The number of carbonyl (C=O) groups is 1. The molecule has 1 aromatic rings. The maximum absolute atomic E-state index is 12.2. The minimum Gasteiger partial charge on any atom is -0.469 e. The summed E-state index contributed by atoms with van der Waals surface area (Å²) in [4.78, 5) is 13.8. The molecule has 1 aromatic heterocycles. The number of furan rings is 1. The molecule has 0 radical (unpaired) electrons. The molecule has 0 aliphatic heterocycles. The number of aryl methyl sites for hydroxylation is 1. The molecule has 0 saturated carbocycles. The van der Waals surface area contributed by atoms with Gasteiger partial charge in [0.05, 0.1) is 11.8 Å². The van der Waals surface area contributed by atoms with Gasteiger partial charge in [0, 0.05) is 25.9 Å². The van der Waals surface area contributed by atoms with E-state index in [0.717, 1.165) is 0 Å². The Labute approximate surface area is 106 Å². The van der Waals surface area contributed by atoms with Crippen molar-refractivity contribution >= 4 is 11.7 Å². The minimum atomic E-state index is -0.159. The van der Waals surface area contributed by atoms with Crippen LogP contribution in [0.5, 0.6) is 0 Å². The normalized spacial score (nSPS) is 13.4. The second kappa shape index (κ2) is 6.09. The van der Waals surface area contributed by atoms with Gasteiger partial charge in [-0.15, -0.1) is 0 Å². The fraction of sp³-hybridized carbons (Fsp3) is 0.500. The van der Waals surface area contributed by atoms with Gasteiger partial charge in [0.1, 0.15) is 11.6 Å². The van der Waals surface area contributed by atoms with Crippen molar-refractivity contribution in [2.24, 2.45) is 10.9 Å². The summed E-state index contributed by atoms with van der Waals surface area (Å²) in [6, 6.07) is 1.50. The van der Waals surface area contributed by atoms with Crippen LogP contribution in [0.1, 0.15) is 36.4 Å². The van der Waals surface area contributed by atoms with Gasteiger partial charge in [0.2, 0.25) is 0 Å². The molecular formula is C12H19N3O3. The smallest absolute Gasteiger partial charge is 0.257 e. The molecule has 1 rings (SSSR count). The molecule has 18 heavy (non-hydrogen) atoms. The van der Waals surface area contributed by atoms with Crippen LogP contribution < -0.4 is 5.73 Å². The highest BCUT2D eigenvalue weighted by atomic mass is 16.4. The van der Waals surface area contributed by atoms with Crippen LogP contribution in [0.15, 0.2) is 21.9 Å². The Hall–Kier alpha value is -1.98. The van der Waals surface area contributed by atoms with E-state index in [2.05, 4.69) is 5.16 Å². The number of oxime groups is 1. The number of amides is 1. The molecule has 1 heterocycles. The van der Waals surface area contributed by atoms with Crippen LogP contribution in [-0.4, -0.2) is 34.9 Å². The van der Waals surface area contributed by atoms with E-state index < -0.39 is 0 Å². The quantitative estimate of drug-likeness (QED) is 0.359. The van der Waals surface area contributed by atoms with Crippen LogP contribution in [0.2, 0.25) is 0 Å². The highest BCUT2D eigenvalue weighted by Crippen LogP contribution is 2.15. The number of nitrogens with two attached hydrogens (primary N) is 1. The largest absolute Gasteiger partial charge is 0.469 e. The number of nitrogens with zero attached hydrogens (tertiary/aromatic N) is 2. The molecule has 1 atom stereocenters. The number of rotatable bonds is 5. The summed E-state index contributed by atoms with van der Waals surface area (Å²) < 4.78 is 5.23. The van der Waals surface area contributed by atoms with Crippen LogP contribution in [0, 0.1) is 0 Å². The van der Waals surface area contributed by atoms with Gasteiger partial charge < -0.3 is 20.3 Å². The highest BCUT2D eigenvalue weighted by molar-refractivity contribution is 5.95. The summed E-state index contributed by atoms with van der Waals surface area (Å²) in [7, 11) is 1.68. The molecule has 0 fully saturated rings. The van der Waals surface area contributed by atoms with E-state index in [0.29, 0.717) is 24.2 Å². The third kappa shape index (κ3) is 3.03. The first-order valence-corrected chi connectivity index (χ1v) is 5.81. The topological polar surface area (TPSA) is 92.1 Å². The van der Waals surface area contributed by atoms with E-state index in [4.69, 9.17) is 15.4 Å². The van der Waals surface area contributed by atoms with Crippen molar-refractivity contribution in [3.8, 4) is 0 Å². The van der Waals surface area contributed by atoms with Crippen LogP contribution in [0.3, 0.4) is 0 Å². The van der Waals surface area contributed by atoms with Gasteiger partial charge >= 0.3 is 0 Å². The molecule has 1 unspecified atom stereocenters. The molecule has 1 amide bonds. The lowest BCUT2D eigenvalue weighted by molar-refractivity contribution is 0.0745. The zero-order chi connectivity index (χ0) is 13.7. The van der Waals surface area contributed by atoms with Crippen LogP contribution in [0.4, 0.5) is 0 Å². The van der Waals surface area contributed by atoms with Crippen molar-refractivity contribution in [1.82, 2.24) is 4.90 Å². The minimum absolute atomic E-state index is 0.102. The predicted octanol–water partition coefficient (Wildman–Crippen LogP) is 1.44. The van der Waals surface area contributed by atoms with Crippen molar-refractivity contribution in [1.29, 1.82) is 0 Å². The monoisotopic (exact) mass is 253 g/mol. The molecule has 0 saturated heterocycles. The first-order chi connectivity index (χ1) is 8.51. The fourth-order valence-corrected chi connectivity index (χ4v) is 1.68. The van der Waals surface area contributed by atoms with Gasteiger partial charge in [-0.1, -0.05) is 12.1 Å². The molecule has 6 nitrogen and oxygen atoms in total. The van der Waals surface area contributed by atoms with E-state index in [9.17, 15) is 4.79 Å². The Morgan fingerprint density at radius 2 is 2.33 bits per heavy atom. The zero-order valence-electron chi connectivity index (χ0n) is 10.9. The first-order valence-electron chi connectivity index (χ1n) is 5.81. The van der Waals surface area contributed by atoms with Crippen molar-refractivity contribution in [3.05, 3.63) is 23.7 Å². The van der Waals surface area contributed by atoms with E-state index in [1.165, 1.54) is 6.26 Å². The van der Waals surface area contributed by atoms with E-state index >= 15 is 0 Å². The fourth-order valence-electron chi connectivity index (χ4n) is 1.68. The summed E-state index contributed by atoms with van der Waals surface area (Å²) in [5, 5.41) is 11.4. The Morgan fingerprint density at radius 1 is 1.67 bits per heavy atom. The number of hydrogen-bond acceptors (Lipinski definition) is 4. The molecule has 0 spiro atoms. The van der Waals surface area contributed by atoms with E-state index in [1.807, 2.05) is 13.8 Å². The van der Waals surface area contributed by atoms with Crippen molar-refractivity contribution in [3.63, 3.8) is 0 Å². The summed E-state index contributed by atoms with van der Waals surface area (Å²) in [5.41, 5.74) is 5.99.